The van der Waals surface area contributed by atoms with E-state index in [4.69, 9.17) is 22.2 Å². The Morgan fingerprint density at radius 3 is 2.70 bits per heavy atom. The molecular weight excluding hydrogens is 301 g/mol. The van der Waals surface area contributed by atoms with Crippen molar-refractivity contribution in [1.29, 1.82) is 0 Å². The van der Waals surface area contributed by atoms with Gasteiger partial charge in [-0.25, -0.2) is 10.9 Å². The monoisotopic (exact) mass is 318 g/mol. The number of nitrogens with two attached hydrogens (primary N) is 1. The average molecular weight is 319 g/mol. The summed E-state index contributed by atoms with van der Waals surface area (Å²) in [6.45, 7) is 0.302. The van der Waals surface area contributed by atoms with E-state index in [0.29, 0.717) is 23.9 Å². The highest BCUT2D eigenvalue weighted by atomic mass is 35.5. The Morgan fingerprint density at radius 1 is 1.45 bits per heavy atom. The first kappa shape index (κ1) is 16.7. The zero-order valence-electron chi connectivity index (χ0n) is 11.4. The van der Waals surface area contributed by atoms with Crippen LogP contribution in [0.3, 0.4) is 0 Å². The smallest absolute Gasteiger partial charge is 0.334 e. The summed E-state index contributed by atoms with van der Waals surface area (Å²) in [6, 6.07) is 5.27. The highest BCUT2D eigenvalue weighted by molar-refractivity contribution is 7.25. The molecule has 0 aromatic heterocycles. The van der Waals surface area contributed by atoms with Gasteiger partial charge in [-0.2, -0.15) is 0 Å². The van der Waals surface area contributed by atoms with Crippen LogP contribution in [0.25, 0.3) is 0 Å². The normalized spacial score (nSPS) is 10.4. The van der Waals surface area contributed by atoms with Crippen LogP contribution in [0.2, 0.25) is 0 Å². The fourth-order valence-corrected chi connectivity index (χ4v) is 1.90. The number of hydrazine groups is 1. The van der Waals surface area contributed by atoms with Crippen molar-refractivity contribution in [3.05, 3.63) is 18.2 Å². The van der Waals surface area contributed by atoms with Crippen molar-refractivity contribution in [1.82, 2.24) is 0 Å². The SMILES string of the molecule is CN(C)c1ccc(N(N)C(=O)C[PH+]=O)c(OCCCl)c1. The number of alkyl halides is 1. The number of benzene rings is 1. The molecule has 0 spiro atoms. The number of halogens is 1. The van der Waals surface area contributed by atoms with Gasteiger partial charge in [0.05, 0.1) is 5.88 Å². The number of carbonyl (C=O) groups is 1. The topological polar surface area (TPSA) is 75.9 Å². The molecular formula is C12H18ClN3O3P+. The summed E-state index contributed by atoms with van der Waals surface area (Å²) in [5, 5.41) is 0.952. The molecule has 0 heterocycles. The van der Waals surface area contributed by atoms with E-state index in [9.17, 15) is 9.36 Å². The zero-order valence-corrected chi connectivity index (χ0v) is 13.2. The minimum Gasteiger partial charge on any atom is -0.490 e. The third-order valence-electron chi connectivity index (χ3n) is 2.55. The fourth-order valence-electron chi connectivity index (χ4n) is 1.53. The Balaban J connectivity index is 3.09. The van der Waals surface area contributed by atoms with E-state index < -0.39 is 14.4 Å². The highest BCUT2D eigenvalue weighted by Gasteiger charge is 2.19. The van der Waals surface area contributed by atoms with Crippen molar-refractivity contribution in [2.75, 3.05) is 42.7 Å². The van der Waals surface area contributed by atoms with Crippen LogP contribution in [0.4, 0.5) is 11.4 Å². The van der Waals surface area contributed by atoms with Gasteiger partial charge in [-0.15, -0.1) is 11.6 Å². The van der Waals surface area contributed by atoms with Gasteiger partial charge in [0.1, 0.15) is 18.0 Å². The number of nitrogens with zero attached hydrogens (tertiary/aromatic N) is 2. The first-order chi connectivity index (χ1) is 9.51. The standard InChI is InChI=1S/C12H17ClN3O3P/c1-15(2)9-3-4-10(11(7-9)19-6-5-13)16(14)12(17)8-20-18/h3-4,7H,5-6,8,14H2,1-2H3/p+1. The van der Waals surface area contributed by atoms with Gasteiger partial charge in [0.2, 0.25) is 6.16 Å². The summed E-state index contributed by atoms with van der Waals surface area (Å²) in [5.74, 6) is 6.09. The molecule has 6 nitrogen and oxygen atoms in total. The second-order valence-corrected chi connectivity index (χ2v) is 5.19. The minimum atomic E-state index is -0.724. The summed E-state index contributed by atoms with van der Waals surface area (Å²) in [6.07, 6.45) is -0.124. The first-order valence-electron chi connectivity index (χ1n) is 5.94. The molecule has 0 aliphatic heterocycles. The lowest BCUT2D eigenvalue weighted by Crippen LogP contribution is -2.38. The van der Waals surface area contributed by atoms with Gasteiger partial charge in [-0.3, -0.25) is 4.79 Å². The van der Waals surface area contributed by atoms with Crippen molar-refractivity contribution in [2.24, 2.45) is 5.84 Å². The summed E-state index contributed by atoms with van der Waals surface area (Å²) < 4.78 is 16.1. The van der Waals surface area contributed by atoms with E-state index in [1.807, 2.05) is 25.1 Å². The average Bonchev–Trinajstić information content (AvgIpc) is 2.44. The van der Waals surface area contributed by atoms with Crippen molar-refractivity contribution in [2.45, 2.75) is 0 Å². The molecule has 1 unspecified atom stereocenters. The van der Waals surface area contributed by atoms with E-state index in [1.165, 1.54) is 0 Å². The highest BCUT2D eigenvalue weighted by Crippen LogP contribution is 2.31. The minimum absolute atomic E-state index is 0.124. The van der Waals surface area contributed by atoms with E-state index in [1.54, 1.807) is 12.1 Å². The molecule has 1 atom stereocenters. The Morgan fingerprint density at radius 2 is 2.15 bits per heavy atom. The number of carbonyl (C=O) groups excluding carboxylic acids is 1. The Kier molecular flexibility index (Phi) is 6.71. The molecule has 0 saturated carbocycles. The Labute approximate surface area is 124 Å². The molecule has 1 aromatic rings. The van der Waals surface area contributed by atoms with E-state index in [-0.39, 0.29) is 6.16 Å². The van der Waals surface area contributed by atoms with Crippen LogP contribution in [-0.2, 0) is 9.36 Å². The van der Waals surface area contributed by atoms with Crippen molar-refractivity contribution >= 4 is 37.3 Å². The molecule has 2 N–H and O–H groups in total. The van der Waals surface area contributed by atoms with Gasteiger partial charge < -0.3 is 9.64 Å². The predicted molar refractivity (Wildman–Crippen MR) is 82.5 cm³/mol. The molecule has 8 heteroatoms. The molecule has 0 saturated heterocycles. The maximum atomic E-state index is 11.7. The van der Waals surface area contributed by atoms with Gasteiger partial charge in [-0.05, 0) is 12.1 Å². The van der Waals surface area contributed by atoms with Crippen LogP contribution in [0.15, 0.2) is 18.2 Å². The van der Waals surface area contributed by atoms with Gasteiger partial charge >= 0.3 is 8.46 Å². The van der Waals surface area contributed by atoms with Crippen LogP contribution in [0, 0.1) is 0 Å². The van der Waals surface area contributed by atoms with Crippen LogP contribution < -0.4 is 20.5 Å². The largest absolute Gasteiger partial charge is 0.490 e. The molecule has 110 valence electrons. The van der Waals surface area contributed by atoms with E-state index in [0.717, 1.165) is 10.7 Å². The lowest BCUT2D eigenvalue weighted by atomic mass is 10.2. The van der Waals surface area contributed by atoms with Crippen molar-refractivity contribution in [3.8, 4) is 5.75 Å². The maximum Gasteiger partial charge on any atom is 0.334 e. The lowest BCUT2D eigenvalue weighted by molar-refractivity contribution is -0.116. The van der Waals surface area contributed by atoms with Gasteiger partial charge in [-0.1, -0.05) is 4.57 Å². The predicted octanol–water partition coefficient (Wildman–Crippen LogP) is 1.60. The number of hydrogen-bond acceptors (Lipinski definition) is 5. The molecule has 1 rings (SSSR count). The van der Waals surface area contributed by atoms with Crippen molar-refractivity contribution in [3.63, 3.8) is 0 Å². The first-order valence-corrected chi connectivity index (χ1v) is 7.59. The molecule has 0 aliphatic rings. The van der Waals surface area contributed by atoms with Crippen LogP contribution >= 0.6 is 20.1 Å². The zero-order chi connectivity index (χ0) is 15.1. The molecule has 1 aromatic carbocycles. The van der Waals surface area contributed by atoms with Crippen LogP contribution in [-0.4, -0.2) is 38.7 Å². The molecule has 0 bridgehead atoms. The number of ether oxygens (including phenoxy) is 1. The summed E-state index contributed by atoms with van der Waals surface area (Å²) in [7, 11) is 3.06. The fraction of sp³-hybridized carbons (Fsp3) is 0.417. The molecule has 20 heavy (non-hydrogen) atoms. The number of hydrogen-bond donors (Lipinski definition) is 1. The van der Waals surface area contributed by atoms with Crippen LogP contribution in [0.1, 0.15) is 0 Å². The molecule has 0 fully saturated rings. The summed E-state index contributed by atoms with van der Waals surface area (Å²) >= 11 is 5.61. The number of amides is 1. The Bertz CT molecular complexity index is 485. The Hall–Kier alpha value is -1.36. The summed E-state index contributed by atoms with van der Waals surface area (Å²) in [5.41, 5.74) is 1.33. The third-order valence-corrected chi connectivity index (χ3v) is 3.15. The second-order valence-electron chi connectivity index (χ2n) is 4.17. The maximum absolute atomic E-state index is 11.7. The van der Waals surface area contributed by atoms with E-state index >= 15 is 0 Å². The molecule has 0 aliphatic carbocycles. The van der Waals surface area contributed by atoms with Gasteiger partial charge in [0.25, 0.3) is 5.91 Å². The second kappa shape index (κ2) is 8.04. The lowest BCUT2D eigenvalue weighted by Gasteiger charge is -2.21. The number of anilines is 2. The van der Waals surface area contributed by atoms with Crippen molar-refractivity contribution < 1.29 is 14.1 Å². The third kappa shape index (κ3) is 4.34. The number of rotatable bonds is 7. The van der Waals surface area contributed by atoms with Gasteiger partial charge in [0, 0.05) is 25.8 Å². The molecule has 1 amide bonds. The van der Waals surface area contributed by atoms with Crippen LogP contribution in [0.5, 0.6) is 5.75 Å². The molecule has 0 radical (unpaired) electrons. The summed E-state index contributed by atoms with van der Waals surface area (Å²) in [4.78, 5) is 13.6. The van der Waals surface area contributed by atoms with E-state index in [2.05, 4.69) is 0 Å². The quantitative estimate of drug-likeness (QED) is 0.272. The van der Waals surface area contributed by atoms with Gasteiger partial charge in [0.15, 0.2) is 0 Å².